The molecule has 0 saturated carbocycles. The van der Waals surface area contributed by atoms with Gasteiger partial charge >= 0.3 is 18.2 Å². The van der Waals surface area contributed by atoms with Crippen molar-refractivity contribution in [2.24, 2.45) is 5.41 Å². The summed E-state index contributed by atoms with van der Waals surface area (Å²) < 4.78 is 49.3. The van der Waals surface area contributed by atoms with E-state index in [1.165, 1.54) is 11.8 Å². The van der Waals surface area contributed by atoms with Crippen molar-refractivity contribution in [3.63, 3.8) is 0 Å². The number of rotatable bonds is 5. The van der Waals surface area contributed by atoms with Crippen molar-refractivity contribution in [2.45, 2.75) is 78.2 Å². The van der Waals surface area contributed by atoms with Crippen molar-refractivity contribution in [3.05, 3.63) is 0 Å². The topological polar surface area (TPSA) is 55.8 Å². The minimum absolute atomic E-state index is 0.195. The van der Waals surface area contributed by atoms with Gasteiger partial charge in [0.1, 0.15) is 6.10 Å². The highest BCUT2D eigenvalue weighted by Crippen LogP contribution is 2.36. The normalized spacial score (nSPS) is 19.3. The van der Waals surface area contributed by atoms with Gasteiger partial charge in [-0.2, -0.15) is 13.2 Å². The molecule has 25 heavy (non-hydrogen) atoms. The number of hydrogen-bond acceptors (Lipinski definition) is 4. The molecule has 1 unspecified atom stereocenters. The van der Waals surface area contributed by atoms with Gasteiger partial charge in [0.15, 0.2) is 0 Å². The molecule has 0 aromatic rings. The summed E-state index contributed by atoms with van der Waals surface area (Å²) >= 11 is 0. The standard InChI is InChI=1S/C17H28F3NO4/c1-6-15(3,4)13(22)24-12-8-10-21(11-9-12)14(23)25-16(5,7-2)17(18,19)20/h12H,6-11H2,1-5H3. The fourth-order valence-electron chi connectivity index (χ4n) is 2.20. The van der Waals surface area contributed by atoms with E-state index in [4.69, 9.17) is 9.47 Å². The number of alkyl halides is 3. The van der Waals surface area contributed by atoms with Crippen LogP contribution >= 0.6 is 0 Å². The fraction of sp³-hybridized carbons (Fsp3) is 0.882. The molecule has 0 N–H and O–H groups in total. The number of hydrogen-bond donors (Lipinski definition) is 0. The Kier molecular flexibility index (Phi) is 6.75. The number of carbonyl (C=O) groups is 2. The highest BCUT2D eigenvalue weighted by atomic mass is 19.4. The van der Waals surface area contributed by atoms with E-state index in [-0.39, 0.29) is 31.6 Å². The molecule has 0 aliphatic carbocycles. The fourth-order valence-corrected chi connectivity index (χ4v) is 2.20. The SMILES string of the molecule is CCC(C)(C)C(=O)OC1CCN(C(=O)OC(C)(CC)C(F)(F)F)CC1. The number of likely N-dealkylation sites (tertiary alicyclic amines) is 1. The van der Waals surface area contributed by atoms with Crippen LogP contribution in [0.15, 0.2) is 0 Å². The van der Waals surface area contributed by atoms with Crippen molar-refractivity contribution in [3.8, 4) is 0 Å². The van der Waals surface area contributed by atoms with E-state index < -0.39 is 23.3 Å². The lowest BCUT2D eigenvalue weighted by molar-refractivity contribution is -0.254. The lowest BCUT2D eigenvalue weighted by Crippen LogP contribution is -2.50. The molecule has 0 radical (unpaired) electrons. The van der Waals surface area contributed by atoms with Crippen LogP contribution in [0.5, 0.6) is 0 Å². The van der Waals surface area contributed by atoms with Gasteiger partial charge in [-0.05, 0) is 33.6 Å². The van der Waals surface area contributed by atoms with Gasteiger partial charge in [-0.3, -0.25) is 4.79 Å². The van der Waals surface area contributed by atoms with Gasteiger partial charge in [0.25, 0.3) is 0 Å². The molecule has 1 saturated heterocycles. The minimum atomic E-state index is -4.63. The molecule has 1 aliphatic rings. The summed E-state index contributed by atoms with van der Waals surface area (Å²) in [4.78, 5) is 25.3. The van der Waals surface area contributed by atoms with Crippen molar-refractivity contribution in [1.82, 2.24) is 4.90 Å². The molecule has 0 aromatic heterocycles. The van der Waals surface area contributed by atoms with Crippen molar-refractivity contribution in [1.29, 1.82) is 0 Å². The molecule has 1 aliphatic heterocycles. The summed E-state index contributed by atoms with van der Waals surface area (Å²) in [5, 5.41) is 0. The van der Waals surface area contributed by atoms with Crippen LogP contribution in [0.4, 0.5) is 18.0 Å². The third kappa shape index (κ3) is 5.25. The Morgan fingerprint density at radius 3 is 1.96 bits per heavy atom. The van der Waals surface area contributed by atoms with Gasteiger partial charge in [0.05, 0.1) is 5.41 Å². The summed E-state index contributed by atoms with van der Waals surface area (Å²) in [5.74, 6) is -0.299. The Labute approximate surface area is 146 Å². The number of esters is 1. The summed E-state index contributed by atoms with van der Waals surface area (Å²) in [6, 6.07) is 0. The molecule has 146 valence electrons. The number of ether oxygens (including phenoxy) is 2. The van der Waals surface area contributed by atoms with Gasteiger partial charge < -0.3 is 14.4 Å². The number of halogens is 3. The maximum atomic E-state index is 13.0. The Morgan fingerprint density at radius 2 is 1.56 bits per heavy atom. The van der Waals surface area contributed by atoms with Crippen molar-refractivity contribution in [2.75, 3.05) is 13.1 Å². The Balaban J connectivity index is 2.56. The average molecular weight is 367 g/mol. The van der Waals surface area contributed by atoms with Crippen LogP contribution in [0.1, 0.15) is 60.3 Å². The maximum Gasteiger partial charge on any atom is 0.428 e. The van der Waals surface area contributed by atoms with Crippen LogP contribution in [0.25, 0.3) is 0 Å². The number of amides is 1. The zero-order valence-electron chi connectivity index (χ0n) is 15.5. The summed E-state index contributed by atoms with van der Waals surface area (Å²) in [7, 11) is 0. The largest absolute Gasteiger partial charge is 0.462 e. The summed E-state index contributed by atoms with van der Waals surface area (Å²) in [6.07, 6.45) is -4.89. The lowest BCUT2D eigenvalue weighted by atomic mass is 9.90. The van der Waals surface area contributed by atoms with E-state index in [9.17, 15) is 22.8 Å². The second kappa shape index (κ2) is 7.83. The first-order valence-corrected chi connectivity index (χ1v) is 8.62. The highest BCUT2D eigenvalue weighted by molar-refractivity contribution is 5.76. The van der Waals surface area contributed by atoms with Crippen LogP contribution in [0.2, 0.25) is 0 Å². The smallest absolute Gasteiger partial charge is 0.428 e. The molecule has 8 heteroatoms. The van der Waals surface area contributed by atoms with Crippen molar-refractivity contribution < 1.29 is 32.2 Å². The van der Waals surface area contributed by atoms with Crippen LogP contribution in [0.3, 0.4) is 0 Å². The van der Waals surface area contributed by atoms with Crippen LogP contribution in [-0.2, 0) is 14.3 Å². The molecule has 1 rings (SSSR count). The van der Waals surface area contributed by atoms with Crippen LogP contribution < -0.4 is 0 Å². The van der Waals surface area contributed by atoms with Gasteiger partial charge in [-0.15, -0.1) is 0 Å². The van der Waals surface area contributed by atoms with E-state index in [2.05, 4.69) is 0 Å². The third-order valence-corrected chi connectivity index (χ3v) is 5.00. The zero-order valence-corrected chi connectivity index (χ0v) is 15.5. The third-order valence-electron chi connectivity index (χ3n) is 5.00. The van der Waals surface area contributed by atoms with E-state index in [1.54, 1.807) is 13.8 Å². The molecule has 1 heterocycles. The second-order valence-electron chi connectivity index (χ2n) is 7.28. The predicted molar refractivity (Wildman–Crippen MR) is 86.0 cm³/mol. The molecule has 1 amide bonds. The second-order valence-corrected chi connectivity index (χ2v) is 7.28. The Bertz CT molecular complexity index is 485. The van der Waals surface area contributed by atoms with Crippen LogP contribution in [0, 0.1) is 5.41 Å². The molecule has 5 nitrogen and oxygen atoms in total. The minimum Gasteiger partial charge on any atom is -0.462 e. The van der Waals surface area contributed by atoms with E-state index in [0.29, 0.717) is 19.3 Å². The molecule has 1 fully saturated rings. The number of piperidine rings is 1. The van der Waals surface area contributed by atoms with E-state index in [1.807, 2.05) is 6.92 Å². The highest BCUT2D eigenvalue weighted by Gasteiger charge is 2.53. The lowest BCUT2D eigenvalue weighted by Gasteiger charge is -2.36. The van der Waals surface area contributed by atoms with E-state index >= 15 is 0 Å². The van der Waals surface area contributed by atoms with Crippen LogP contribution in [-0.4, -0.2) is 47.9 Å². The molecule has 0 spiro atoms. The molecular weight excluding hydrogens is 339 g/mol. The van der Waals surface area contributed by atoms with Crippen molar-refractivity contribution >= 4 is 12.1 Å². The first kappa shape index (κ1) is 21.6. The van der Waals surface area contributed by atoms with Gasteiger partial charge in [-0.1, -0.05) is 13.8 Å². The average Bonchev–Trinajstić information content (AvgIpc) is 2.54. The zero-order chi connectivity index (χ0) is 19.5. The molecular formula is C17H28F3NO4. The maximum absolute atomic E-state index is 13.0. The molecule has 0 bridgehead atoms. The quantitative estimate of drug-likeness (QED) is 0.680. The monoisotopic (exact) mass is 367 g/mol. The van der Waals surface area contributed by atoms with Gasteiger partial charge in [0.2, 0.25) is 5.60 Å². The van der Waals surface area contributed by atoms with E-state index in [0.717, 1.165) is 6.92 Å². The van der Waals surface area contributed by atoms with Gasteiger partial charge in [0, 0.05) is 25.9 Å². The predicted octanol–water partition coefficient (Wildman–Crippen LogP) is 4.30. The van der Waals surface area contributed by atoms with Gasteiger partial charge in [-0.25, -0.2) is 4.79 Å². The summed E-state index contributed by atoms with van der Waals surface area (Å²) in [5.41, 5.74) is -3.08. The molecule has 1 atom stereocenters. The molecule has 0 aromatic carbocycles. The Hall–Kier alpha value is -1.47. The number of nitrogens with zero attached hydrogens (tertiary/aromatic N) is 1. The first-order chi connectivity index (χ1) is 11.4. The first-order valence-electron chi connectivity index (χ1n) is 8.62. The number of carbonyl (C=O) groups excluding carboxylic acids is 2. The summed E-state index contributed by atoms with van der Waals surface area (Å²) in [6.45, 7) is 8.07. The Morgan fingerprint density at radius 1 is 1.04 bits per heavy atom.